The number of rotatable bonds is 6. The monoisotopic (exact) mass is 389 g/mol. The summed E-state index contributed by atoms with van der Waals surface area (Å²) in [6.45, 7) is 2.61. The molecule has 28 heavy (non-hydrogen) atoms. The van der Waals surface area contributed by atoms with Gasteiger partial charge in [0.25, 0.3) is 0 Å². The minimum atomic E-state index is 0.281. The van der Waals surface area contributed by atoms with Gasteiger partial charge in [-0.25, -0.2) is 4.98 Å². The van der Waals surface area contributed by atoms with Gasteiger partial charge in [0.2, 0.25) is 0 Å². The van der Waals surface area contributed by atoms with Gasteiger partial charge in [-0.2, -0.15) is 5.26 Å². The standard InChI is InChI=1S/C22H19N3O2S/c1-3-27-18-10-4-15(5-11-18)20-14-28-22-24-21(19(12-13-23)25(20)22)16-6-8-17(26-2)9-7-16/h4-11,14H,3,12H2,1-2H3. The molecule has 0 fully saturated rings. The Kier molecular flexibility index (Phi) is 5.00. The lowest BCUT2D eigenvalue weighted by Gasteiger charge is -2.07. The Hall–Kier alpha value is -3.30. The van der Waals surface area contributed by atoms with Crippen LogP contribution in [0.1, 0.15) is 12.6 Å². The zero-order valence-electron chi connectivity index (χ0n) is 15.7. The Morgan fingerprint density at radius 1 is 1.04 bits per heavy atom. The molecular weight excluding hydrogens is 370 g/mol. The highest BCUT2D eigenvalue weighted by Gasteiger charge is 2.18. The molecule has 0 amide bonds. The molecule has 5 nitrogen and oxygen atoms in total. The van der Waals surface area contributed by atoms with Crippen molar-refractivity contribution in [2.75, 3.05) is 13.7 Å². The lowest BCUT2D eigenvalue weighted by atomic mass is 10.1. The fourth-order valence-electron chi connectivity index (χ4n) is 3.22. The van der Waals surface area contributed by atoms with Gasteiger partial charge in [-0.05, 0) is 61.0 Å². The molecular formula is C22H19N3O2S. The minimum Gasteiger partial charge on any atom is -0.497 e. The Labute approximate surface area is 167 Å². The normalized spacial score (nSPS) is 10.8. The molecule has 0 radical (unpaired) electrons. The Morgan fingerprint density at radius 2 is 1.71 bits per heavy atom. The summed E-state index contributed by atoms with van der Waals surface area (Å²) in [6, 6.07) is 18.1. The molecule has 2 heterocycles. The predicted octanol–water partition coefficient (Wildman–Crippen LogP) is 5.20. The van der Waals surface area contributed by atoms with Crippen LogP contribution in [-0.2, 0) is 6.42 Å². The maximum Gasteiger partial charge on any atom is 0.194 e. The van der Waals surface area contributed by atoms with Crippen molar-refractivity contribution in [1.82, 2.24) is 9.38 Å². The highest BCUT2D eigenvalue weighted by molar-refractivity contribution is 7.15. The van der Waals surface area contributed by atoms with Crippen molar-refractivity contribution in [3.05, 3.63) is 59.6 Å². The van der Waals surface area contributed by atoms with Gasteiger partial charge < -0.3 is 9.47 Å². The van der Waals surface area contributed by atoms with E-state index in [1.807, 2.05) is 55.5 Å². The van der Waals surface area contributed by atoms with E-state index in [0.29, 0.717) is 6.61 Å². The number of thiazole rings is 1. The third-order valence-corrected chi connectivity index (χ3v) is 5.36. The Morgan fingerprint density at radius 3 is 2.36 bits per heavy atom. The highest BCUT2D eigenvalue weighted by Crippen LogP contribution is 2.34. The van der Waals surface area contributed by atoms with Crippen LogP contribution in [0.25, 0.3) is 27.5 Å². The molecule has 0 aliphatic carbocycles. The number of hydrogen-bond acceptors (Lipinski definition) is 5. The lowest BCUT2D eigenvalue weighted by Crippen LogP contribution is -1.96. The van der Waals surface area contributed by atoms with Crippen molar-refractivity contribution in [3.8, 4) is 40.1 Å². The molecule has 0 unspecified atom stereocenters. The van der Waals surface area contributed by atoms with Crippen LogP contribution in [0, 0.1) is 11.3 Å². The second-order valence-electron chi connectivity index (χ2n) is 6.17. The average molecular weight is 389 g/mol. The summed E-state index contributed by atoms with van der Waals surface area (Å²) in [6.07, 6.45) is 0.281. The van der Waals surface area contributed by atoms with Crippen LogP contribution in [-0.4, -0.2) is 23.1 Å². The van der Waals surface area contributed by atoms with E-state index < -0.39 is 0 Å². The number of fused-ring (bicyclic) bond motifs is 1. The average Bonchev–Trinajstić information content (AvgIpc) is 3.30. The number of aromatic nitrogens is 2. The van der Waals surface area contributed by atoms with Gasteiger partial charge in [0.15, 0.2) is 4.96 Å². The number of ether oxygens (including phenoxy) is 2. The predicted molar refractivity (Wildman–Crippen MR) is 111 cm³/mol. The van der Waals surface area contributed by atoms with Gasteiger partial charge in [0.1, 0.15) is 11.5 Å². The quantitative estimate of drug-likeness (QED) is 0.455. The van der Waals surface area contributed by atoms with E-state index >= 15 is 0 Å². The van der Waals surface area contributed by atoms with Crippen LogP contribution in [0.4, 0.5) is 0 Å². The fourth-order valence-corrected chi connectivity index (χ4v) is 4.14. The number of imidazole rings is 1. The maximum atomic E-state index is 9.42. The Balaban J connectivity index is 1.83. The molecule has 6 heteroatoms. The first-order chi connectivity index (χ1) is 13.7. The summed E-state index contributed by atoms with van der Waals surface area (Å²) >= 11 is 1.57. The van der Waals surface area contributed by atoms with Crippen LogP contribution < -0.4 is 9.47 Å². The first-order valence-corrected chi connectivity index (χ1v) is 9.86. The summed E-state index contributed by atoms with van der Waals surface area (Å²) in [4.78, 5) is 5.69. The van der Waals surface area contributed by atoms with E-state index in [1.54, 1.807) is 18.4 Å². The van der Waals surface area contributed by atoms with Crippen LogP contribution >= 0.6 is 11.3 Å². The summed E-state index contributed by atoms with van der Waals surface area (Å²) in [5.41, 5.74) is 4.80. The molecule has 4 rings (SSSR count). The van der Waals surface area contributed by atoms with Crippen molar-refractivity contribution in [1.29, 1.82) is 5.26 Å². The van der Waals surface area contributed by atoms with Crippen molar-refractivity contribution in [3.63, 3.8) is 0 Å². The zero-order valence-corrected chi connectivity index (χ0v) is 16.5. The molecule has 4 aromatic rings. The van der Waals surface area contributed by atoms with Gasteiger partial charge in [0.05, 0.1) is 43.3 Å². The maximum absolute atomic E-state index is 9.42. The molecule has 140 valence electrons. The first-order valence-electron chi connectivity index (χ1n) is 8.98. The molecule has 0 saturated heterocycles. The van der Waals surface area contributed by atoms with Crippen LogP contribution in [0.15, 0.2) is 53.9 Å². The molecule has 0 aliphatic heterocycles. The van der Waals surface area contributed by atoms with Crippen molar-refractivity contribution in [2.24, 2.45) is 0 Å². The summed E-state index contributed by atoms with van der Waals surface area (Å²) in [7, 11) is 1.64. The van der Waals surface area contributed by atoms with Gasteiger partial charge in [-0.15, -0.1) is 11.3 Å². The van der Waals surface area contributed by atoms with Crippen LogP contribution in [0.5, 0.6) is 11.5 Å². The number of methoxy groups -OCH3 is 1. The fraction of sp³-hybridized carbons (Fsp3) is 0.182. The Bertz CT molecular complexity index is 1140. The van der Waals surface area contributed by atoms with E-state index in [4.69, 9.17) is 14.5 Å². The van der Waals surface area contributed by atoms with E-state index in [-0.39, 0.29) is 6.42 Å². The molecule has 2 aromatic heterocycles. The van der Waals surface area contributed by atoms with E-state index in [0.717, 1.165) is 44.7 Å². The molecule has 0 N–H and O–H groups in total. The molecule has 0 atom stereocenters. The number of hydrogen-bond donors (Lipinski definition) is 0. The third kappa shape index (κ3) is 3.21. The molecule has 0 spiro atoms. The molecule has 2 aromatic carbocycles. The molecule has 0 aliphatic rings. The van der Waals surface area contributed by atoms with Gasteiger partial charge in [-0.1, -0.05) is 0 Å². The van der Waals surface area contributed by atoms with E-state index in [2.05, 4.69) is 15.8 Å². The van der Waals surface area contributed by atoms with Crippen molar-refractivity contribution >= 4 is 16.3 Å². The van der Waals surface area contributed by atoms with Crippen molar-refractivity contribution in [2.45, 2.75) is 13.3 Å². The molecule has 0 bridgehead atoms. The largest absolute Gasteiger partial charge is 0.497 e. The number of nitrogens with zero attached hydrogens (tertiary/aromatic N) is 3. The molecule has 0 saturated carbocycles. The van der Waals surface area contributed by atoms with Crippen LogP contribution in [0.2, 0.25) is 0 Å². The highest BCUT2D eigenvalue weighted by atomic mass is 32.1. The van der Waals surface area contributed by atoms with E-state index in [9.17, 15) is 5.26 Å². The van der Waals surface area contributed by atoms with Gasteiger partial charge in [-0.3, -0.25) is 4.40 Å². The van der Waals surface area contributed by atoms with Crippen molar-refractivity contribution < 1.29 is 9.47 Å². The zero-order chi connectivity index (χ0) is 19.5. The summed E-state index contributed by atoms with van der Waals surface area (Å²) in [5.74, 6) is 1.64. The second kappa shape index (κ2) is 7.75. The first kappa shape index (κ1) is 18.1. The topological polar surface area (TPSA) is 59.5 Å². The van der Waals surface area contributed by atoms with Crippen LogP contribution in [0.3, 0.4) is 0 Å². The SMILES string of the molecule is CCOc1ccc(-c2csc3nc(-c4ccc(OC)cc4)c(CC#N)n23)cc1. The third-order valence-electron chi connectivity index (χ3n) is 4.53. The summed E-state index contributed by atoms with van der Waals surface area (Å²) in [5, 5.41) is 11.5. The summed E-state index contributed by atoms with van der Waals surface area (Å²) < 4.78 is 12.9. The number of nitriles is 1. The lowest BCUT2D eigenvalue weighted by molar-refractivity contribution is 0.340. The van der Waals surface area contributed by atoms with Gasteiger partial charge in [0, 0.05) is 10.9 Å². The number of benzene rings is 2. The van der Waals surface area contributed by atoms with Gasteiger partial charge >= 0.3 is 0 Å². The minimum absolute atomic E-state index is 0.281. The van der Waals surface area contributed by atoms with E-state index in [1.165, 1.54) is 0 Å². The smallest absolute Gasteiger partial charge is 0.194 e. The second-order valence-corrected chi connectivity index (χ2v) is 7.00.